The number of rotatable bonds is 2. The smallest absolute Gasteiger partial charge is 0.347 e. The van der Waals surface area contributed by atoms with Crippen LogP contribution in [-0.4, -0.2) is 19.0 Å². The minimum absolute atomic E-state index is 0.352. The summed E-state index contributed by atoms with van der Waals surface area (Å²) < 4.78 is 4.46. The fourth-order valence-corrected chi connectivity index (χ4v) is 1.06. The van der Waals surface area contributed by atoms with E-state index in [1.165, 1.54) is 6.92 Å². The lowest BCUT2D eigenvalue weighted by Crippen LogP contribution is -2.11. The van der Waals surface area contributed by atoms with Gasteiger partial charge in [-0.3, -0.25) is 4.79 Å². The van der Waals surface area contributed by atoms with Crippen LogP contribution >= 0.6 is 0 Å². The van der Waals surface area contributed by atoms with Gasteiger partial charge in [-0.1, -0.05) is 12.1 Å². The maximum Gasteiger partial charge on any atom is 0.347 e. The minimum atomic E-state index is -0.637. The predicted octanol–water partition coefficient (Wildman–Crippen LogP) is 1.43. The van der Waals surface area contributed by atoms with Crippen LogP contribution in [0.15, 0.2) is 24.3 Å². The van der Waals surface area contributed by atoms with Crippen molar-refractivity contribution in [1.82, 2.24) is 0 Å². The average Bonchev–Trinajstić information content (AvgIpc) is 2.16. The van der Waals surface area contributed by atoms with Gasteiger partial charge in [0.2, 0.25) is 0 Å². The number of carbonyl (C=O) groups excluding carboxylic acids is 2. The van der Waals surface area contributed by atoms with E-state index in [0.29, 0.717) is 11.3 Å². The van der Waals surface area contributed by atoms with Gasteiger partial charge in [0.1, 0.15) is 0 Å². The van der Waals surface area contributed by atoms with E-state index < -0.39 is 11.9 Å². The van der Waals surface area contributed by atoms with Gasteiger partial charge in [-0.25, -0.2) is 4.79 Å². The van der Waals surface area contributed by atoms with Gasteiger partial charge in [-0.15, -0.1) is 0 Å². The number of benzene rings is 1. The van der Waals surface area contributed by atoms with Gasteiger partial charge < -0.3 is 10.1 Å². The van der Waals surface area contributed by atoms with Crippen molar-refractivity contribution in [3.8, 4) is 0 Å². The number of carbonyl (C=O) groups is 2. The maximum absolute atomic E-state index is 11.4. The highest BCUT2D eigenvalue weighted by atomic mass is 16.6. The van der Waals surface area contributed by atoms with Crippen molar-refractivity contribution in [3.05, 3.63) is 29.8 Å². The van der Waals surface area contributed by atoms with Crippen molar-refractivity contribution in [2.45, 2.75) is 6.92 Å². The fourth-order valence-electron chi connectivity index (χ4n) is 1.06. The van der Waals surface area contributed by atoms with Crippen molar-refractivity contribution in [2.75, 3.05) is 12.4 Å². The van der Waals surface area contributed by atoms with Crippen molar-refractivity contribution >= 4 is 17.6 Å². The molecule has 0 aliphatic rings. The molecule has 0 atom stereocenters. The first kappa shape index (κ1) is 10.2. The monoisotopic (exact) mass is 193 g/mol. The van der Waals surface area contributed by atoms with Crippen LogP contribution in [0.1, 0.15) is 17.3 Å². The Morgan fingerprint density at radius 3 is 2.50 bits per heavy atom. The summed E-state index contributed by atoms with van der Waals surface area (Å²) in [5.74, 6) is -1.25. The molecule has 1 aromatic carbocycles. The van der Waals surface area contributed by atoms with E-state index in [1.54, 1.807) is 31.3 Å². The molecule has 4 nitrogen and oxygen atoms in total. The molecule has 0 spiro atoms. The molecule has 0 amide bonds. The molecule has 0 radical (unpaired) electrons. The third kappa shape index (κ3) is 2.32. The molecule has 0 saturated heterocycles. The highest BCUT2D eigenvalue weighted by Crippen LogP contribution is 2.14. The van der Waals surface area contributed by atoms with Crippen molar-refractivity contribution in [2.24, 2.45) is 0 Å². The van der Waals surface area contributed by atoms with E-state index in [1.807, 2.05) is 0 Å². The summed E-state index contributed by atoms with van der Waals surface area (Å²) in [5, 5.41) is 2.84. The largest absolute Gasteiger partial charge is 0.390 e. The highest BCUT2D eigenvalue weighted by molar-refractivity contribution is 6.00. The van der Waals surface area contributed by atoms with Gasteiger partial charge in [0.05, 0.1) is 5.56 Å². The number of anilines is 1. The first-order valence-corrected chi connectivity index (χ1v) is 4.14. The summed E-state index contributed by atoms with van der Waals surface area (Å²) in [4.78, 5) is 21.9. The Labute approximate surface area is 81.9 Å². The normalized spacial score (nSPS) is 9.29. The zero-order valence-electron chi connectivity index (χ0n) is 8.03. The number of hydrogen-bond donors (Lipinski definition) is 1. The standard InChI is InChI=1S/C10H11NO3/c1-7(12)14-10(13)8-5-3-4-6-9(8)11-2/h3-6,11H,1-2H3. The van der Waals surface area contributed by atoms with Crippen LogP contribution < -0.4 is 5.32 Å². The summed E-state index contributed by atoms with van der Waals surface area (Å²) >= 11 is 0. The molecule has 4 heteroatoms. The third-order valence-corrected chi connectivity index (χ3v) is 1.65. The minimum Gasteiger partial charge on any atom is -0.390 e. The molecule has 0 aliphatic carbocycles. The van der Waals surface area contributed by atoms with Crippen LogP contribution in [-0.2, 0) is 9.53 Å². The van der Waals surface area contributed by atoms with Crippen LogP contribution in [0.5, 0.6) is 0 Å². The Bertz CT molecular complexity index is 360. The van der Waals surface area contributed by atoms with Crippen molar-refractivity contribution in [1.29, 1.82) is 0 Å². The number of para-hydroxylation sites is 1. The van der Waals surface area contributed by atoms with Crippen LogP contribution in [0.3, 0.4) is 0 Å². The van der Waals surface area contributed by atoms with Gasteiger partial charge in [0, 0.05) is 19.7 Å². The first-order valence-electron chi connectivity index (χ1n) is 4.14. The van der Waals surface area contributed by atoms with E-state index in [2.05, 4.69) is 10.1 Å². The molecule has 0 fully saturated rings. The maximum atomic E-state index is 11.4. The van der Waals surface area contributed by atoms with E-state index in [0.717, 1.165) is 0 Å². The van der Waals surface area contributed by atoms with Crippen LogP contribution in [0, 0.1) is 0 Å². The molecule has 1 N–H and O–H groups in total. The van der Waals surface area contributed by atoms with E-state index in [-0.39, 0.29) is 0 Å². The molecule has 0 aliphatic heterocycles. The average molecular weight is 193 g/mol. The molecule has 0 aromatic heterocycles. The van der Waals surface area contributed by atoms with Gasteiger partial charge in [0.15, 0.2) is 0 Å². The topological polar surface area (TPSA) is 55.4 Å². The zero-order chi connectivity index (χ0) is 10.6. The molecular weight excluding hydrogens is 182 g/mol. The van der Waals surface area contributed by atoms with Crippen LogP contribution in [0.25, 0.3) is 0 Å². The van der Waals surface area contributed by atoms with Gasteiger partial charge in [0.25, 0.3) is 0 Å². The summed E-state index contributed by atoms with van der Waals surface area (Å²) in [5.41, 5.74) is 0.990. The Kier molecular flexibility index (Phi) is 3.23. The van der Waals surface area contributed by atoms with E-state index in [9.17, 15) is 9.59 Å². The van der Waals surface area contributed by atoms with Crippen LogP contribution in [0.2, 0.25) is 0 Å². The quantitative estimate of drug-likeness (QED) is 0.570. The number of nitrogens with one attached hydrogen (secondary N) is 1. The van der Waals surface area contributed by atoms with E-state index in [4.69, 9.17) is 0 Å². The number of ether oxygens (including phenoxy) is 1. The Hall–Kier alpha value is -1.84. The molecule has 1 aromatic rings. The van der Waals surface area contributed by atoms with Crippen molar-refractivity contribution < 1.29 is 14.3 Å². The number of hydrogen-bond acceptors (Lipinski definition) is 4. The second-order valence-electron chi connectivity index (χ2n) is 2.68. The molecule has 0 saturated carbocycles. The zero-order valence-corrected chi connectivity index (χ0v) is 8.03. The Balaban J connectivity index is 2.94. The molecule has 1 rings (SSSR count). The molecule has 0 unspecified atom stereocenters. The summed E-state index contributed by atoms with van der Waals surface area (Å²) in [6, 6.07) is 6.82. The van der Waals surface area contributed by atoms with E-state index >= 15 is 0 Å². The molecular formula is C10H11NO3. The van der Waals surface area contributed by atoms with Crippen molar-refractivity contribution in [3.63, 3.8) is 0 Å². The summed E-state index contributed by atoms with van der Waals surface area (Å²) in [6.07, 6.45) is 0. The lowest BCUT2D eigenvalue weighted by atomic mass is 10.2. The number of esters is 2. The van der Waals surface area contributed by atoms with Gasteiger partial charge in [-0.2, -0.15) is 0 Å². The molecule has 74 valence electrons. The first-order chi connectivity index (χ1) is 6.65. The summed E-state index contributed by atoms with van der Waals surface area (Å²) in [7, 11) is 1.69. The Morgan fingerprint density at radius 2 is 1.93 bits per heavy atom. The molecule has 0 heterocycles. The molecule has 14 heavy (non-hydrogen) atoms. The van der Waals surface area contributed by atoms with Gasteiger partial charge >= 0.3 is 11.9 Å². The second-order valence-corrected chi connectivity index (χ2v) is 2.68. The van der Waals surface area contributed by atoms with Gasteiger partial charge in [-0.05, 0) is 12.1 Å². The third-order valence-electron chi connectivity index (χ3n) is 1.65. The summed E-state index contributed by atoms with van der Waals surface area (Å²) in [6.45, 7) is 1.19. The second kappa shape index (κ2) is 4.41. The fraction of sp³-hybridized carbons (Fsp3) is 0.200. The lowest BCUT2D eigenvalue weighted by molar-refractivity contribution is -0.135. The lowest BCUT2D eigenvalue weighted by Gasteiger charge is -2.06. The molecule has 0 bridgehead atoms. The highest BCUT2D eigenvalue weighted by Gasteiger charge is 2.12. The van der Waals surface area contributed by atoms with Crippen LogP contribution in [0.4, 0.5) is 5.69 Å². The predicted molar refractivity (Wildman–Crippen MR) is 52.1 cm³/mol. The SMILES string of the molecule is CNc1ccccc1C(=O)OC(C)=O. The Morgan fingerprint density at radius 1 is 1.29 bits per heavy atom.